The van der Waals surface area contributed by atoms with Gasteiger partial charge in [0.2, 0.25) is 0 Å². The van der Waals surface area contributed by atoms with E-state index in [1.807, 2.05) is 18.8 Å². The van der Waals surface area contributed by atoms with Gasteiger partial charge in [0.1, 0.15) is 0 Å². The molecule has 1 fully saturated rings. The van der Waals surface area contributed by atoms with E-state index in [0.717, 1.165) is 18.5 Å². The maximum Gasteiger partial charge on any atom is 0.0476 e. The lowest BCUT2D eigenvalue weighted by Gasteiger charge is -2.22. The van der Waals surface area contributed by atoms with Crippen molar-refractivity contribution in [2.75, 3.05) is 20.3 Å². The normalized spacial score (nSPS) is 19.2. The molecule has 0 aromatic heterocycles. The van der Waals surface area contributed by atoms with Gasteiger partial charge < -0.3 is 10.1 Å². The summed E-state index contributed by atoms with van der Waals surface area (Å²) in [4.78, 5) is 1.39. The molecule has 0 saturated carbocycles. The van der Waals surface area contributed by atoms with Gasteiger partial charge in [-0.3, -0.25) is 0 Å². The van der Waals surface area contributed by atoms with Crippen molar-refractivity contribution in [1.82, 2.24) is 5.32 Å². The number of ether oxygens (including phenoxy) is 1. The van der Waals surface area contributed by atoms with Crippen LogP contribution in [0.1, 0.15) is 31.4 Å². The molecule has 0 radical (unpaired) electrons. The zero-order chi connectivity index (χ0) is 12.1. The van der Waals surface area contributed by atoms with Gasteiger partial charge in [-0.15, -0.1) is 11.8 Å². The third-order valence-corrected chi connectivity index (χ3v) is 4.59. The molecule has 3 heteroatoms. The summed E-state index contributed by atoms with van der Waals surface area (Å²) in [5, 5.41) is 4.01. The molecule has 0 aliphatic carbocycles. The van der Waals surface area contributed by atoms with Crippen LogP contribution in [0.3, 0.4) is 0 Å². The lowest BCUT2D eigenvalue weighted by atomic mass is 10.1. The Kier molecular flexibility index (Phi) is 4.89. The highest BCUT2D eigenvalue weighted by atomic mass is 32.2. The number of thioether (sulfide) groups is 1. The zero-order valence-electron chi connectivity index (χ0n) is 10.6. The molecule has 2 nitrogen and oxygen atoms in total. The van der Waals surface area contributed by atoms with E-state index in [9.17, 15) is 0 Å². The van der Waals surface area contributed by atoms with Crippen molar-refractivity contribution in [3.05, 3.63) is 29.8 Å². The quantitative estimate of drug-likeness (QED) is 0.887. The number of benzene rings is 1. The predicted octanol–water partition coefficient (Wildman–Crippen LogP) is 3.24. The molecule has 1 aromatic rings. The van der Waals surface area contributed by atoms with Crippen LogP contribution in [0.15, 0.2) is 29.2 Å². The first-order chi connectivity index (χ1) is 8.29. The van der Waals surface area contributed by atoms with Gasteiger partial charge in [0.25, 0.3) is 0 Å². The van der Waals surface area contributed by atoms with E-state index in [0.29, 0.717) is 6.04 Å². The summed E-state index contributed by atoms with van der Waals surface area (Å²) in [7, 11) is 2.00. The van der Waals surface area contributed by atoms with E-state index in [-0.39, 0.29) is 0 Å². The summed E-state index contributed by atoms with van der Waals surface area (Å²) < 4.78 is 5.39. The van der Waals surface area contributed by atoms with Gasteiger partial charge in [-0.2, -0.15) is 0 Å². The summed E-state index contributed by atoms with van der Waals surface area (Å²) in [6.45, 7) is 4.03. The lowest BCUT2D eigenvalue weighted by molar-refractivity contribution is 0.100. The molecule has 1 atom stereocenters. The van der Waals surface area contributed by atoms with Crippen molar-refractivity contribution in [2.45, 2.75) is 36.0 Å². The van der Waals surface area contributed by atoms with Gasteiger partial charge in [-0.1, -0.05) is 12.1 Å². The van der Waals surface area contributed by atoms with Crippen LogP contribution in [0, 0.1) is 0 Å². The summed E-state index contributed by atoms with van der Waals surface area (Å²) in [5.74, 6) is 0. The first kappa shape index (κ1) is 12.9. The molecule has 1 aliphatic rings. The second kappa shape index (κ2) is 6.43. The van der Waals surface area contributed by atoms with Gasteiger partial charge in [0, 0.05) is 29.4 Å². The molecular formula is C14H21NOS. The molecule has 1 aliphatic heterocycles. The fourth-order valence-electron chi connectivity index (χ4n) is 2.01. The van der Waals surface area contributed by atoms with Gasteiger partial charge in [0.05, 0.1) is 0 Å². The van der Waals surface area contributed by atoms with E-state index >= 15 is 0 Å². The van der Waals surface area contributed by atoms with E-state index in [1.54, 1.807) is 0 Å². The Morgan fingerprint density at radius 3 is 2.82 bits per heavy atom. The molecule has 1 saturated heterocycles. The Morgan fingerprint density at radius 1 is 1.35 bits per heavy atom. The van der Waals surface area contributed by atoms with Crippen LogP contribution in [0.5, 0.6) is 0 Å². The lowest BCUT2D eigenvalue weighted by Crippen LogP contribution is -2.17. The molecule has 0 bridgehead atoms. The minimum atomic E-state index is 0.422. The van der Waals surface area contributed by atoms with Crippen molar-refractivity contribution in [3.8, 4) is 0 Å². The van der Waals surface area contributed by atoms with Crippen LogP contribution in [0.4, 0.5) is 0 Å². The van der Waals surface area contributed by atoms with Gasteiger partial charge >= 0.3 is 0 Å². The standard InChI is InChI=1S/C14H21NOS/c1-11(15-2)12-4-3-5-14(10-12)17-13-6-8-16-9-7-13/h3-5,10-11,13,15H,6-9H2,1-2H3. The van der Waals surface area contributed by atoms with Gasteiger partial charge in [0.15, 0.2) is 0 Å². The Labute approximate surface area is 108 Å². The first-order valence-corrected chi connectivity index (χ1v) is 7.19. The molecule has 1 heterocycles. The van der Waals surface area contributed by atoms with E-state index in [4.69, 9.17) is 4.74 Å². The third-order valence-electron chi connectivity index (χ3n) is 3.26. The summed E-state index contributed by atoms with van der Waals surface area (Å²) in [5.41, 5.74) is 1.37. The van der Waals surface area contributed by atoms with E-state index in [1.165, 1.54) is 23.3 Å². The number of hydrogen-bond acceptors (Lipinski definition) is 3. The summed E-state index contributed by atoms with van der Waals surface area (Å²) in [6, 6.07) is 9.29. The van der Waals surface area contributed by atoms with Crippen LogP contribution in [-0.2, 0) is 4.74 Å². The Hall–Kier alpha value is -0.510. The minimum absolute atomic E-state index is 0.422. The molecule has 0 amide bonds. The highest BCUT2D eigenvalue weighted by Crippen LogP contribution is 2.30. The molecule has 1 aromatic carbocycles. The number of nitrogens with one attached hydrogen (secondary N) is 1. The molecule has 1 unspecified atom stereocenters. The highest BCUT2D eigenvalue weighted by Gasteiger charge is 2.15. The largest absolute Gasteiger partial charge is 0.381 e. The van der Waals surface area contributed by atoms with Crippen LogP contribution in [-0.4, -0.2) is 25.5 Å². The topological polar surface area (TPSA) is 21.3 Å². The van der Waals surface area contributed by atoms with Crippen molar-refractivity contribution >= 4 is 11.8 Å². The average Bonchev–Trinajstić information content (AvgIpc) is 2.39. The molecular weight excluding hydrogens is 230 g/mol. The van der Waals surface area contributed by atoms with Crippen LogP contribution < -0.4 is 5.32 Å². The van der Waals surface area contributed by atoms with Crippen molar-refractivity contribution in [2.24, 2.45) is 0 Å². The van der Waals surface area contributed by atoms with E-state index in [2.05, 4.69) is 36.5 Å². The fraction of sp³-hybridized carbons (Fsp3) is 0.571. The second-order valence-corrected chi connectivity index (χ2v) is 5.89. The highest BCUT2D eigenvalue weighted by molar-refractivity contribution is 8.00. The molecule has 0 spiro atoms. The first-order valence-electron chi connectivity index (χ1n) is 6.31. The maximum absolute atomic E-state index is 5.39. The predicted molar refractivity (Wildman–Crippen MR) is 73.6 cm³/mol. The monoisotopic (exact) mass is 251 g/mol. The summed E-state index contributed by atoms with van der Waals surface area (Å²) >= 11 is 2.00. The summed E-state index contributed by atoms with van der Waals surface area (Å²) in [6.07, 6.45) is 2.35. The number of hydrogen-bond donors (Lipinski definition) is 1. The molecule has 1 N–H and O–H groups in total. The Balaban J connectivity index is 2.00. The van der Waals surface area contributed by atoms with Gasteiger partial charge in [-0.25, -0.2) is 0 Å². The SMILES string of the molecule is CNC(C)c1cccc(SC2CCOCC2)c1. The molecule has 94 valence electrons. The van der Waals surface area contributed by atoms with Crippen molar-refractivity contribution < 1.29 is 4.74 Å². The van der Waals surface area contributed by atoms with Crippen molar-refractivity contribution in [1.29, 1.82) is 0 Å². The van der Waals surface area contributed by atoms with Crippen LogP contribution in [0.25, 0.3) is 0 Å². The fourth-order valence-corrected chi connectivity index (χ4v) is 3.18. The second-order valence-electron chi connectivity index (χ2n) is 4.51. The number of rotatable bonds is 4. The Bertz CT molecular complexity index is 350. The molecule has 17 heavy (non-hydrogen) atoms. The Morgan fingerprint density at radius 2 is 2.12 bits per heavy atom. The maximum atomic E-state index is 5.39. The minimum Gasteiger partial charge on any atom is -0.381 e. The van der Waals surface area contributed by atoms with E-state index < -0.39 is 0 Å². The van der Waals surface area contributed by atoms with Crippen LogP contribution in [0.2, 0.25) is 0 Å². The third kappa shape index (κ3) is 3.73. The average molecular weight is 251 g/mol. The molecule has 2 rings (SSSR count). The zero-order valence-corrected chi connectivity index (χ0v) is 11.4. The van der Waals surface area contributed by atoms with Crippen molar-refractivity contribution in [3.63, 3.8) is 0 Å². The smallest absolute Gasteiger partial charge is 0.0476 e. The van der Waals surface area contributed by atoms with Gasteiger partial charge in [-0.05, 0) is 44.5 Å². The van der Waals surface area contributed by atoms with Crippen LogP contribution >= 0.6 is 11.8 Å².